The van der Waals surface area contributed by atoms with Crippen molar-refractivity contribution in [2.24, 2.45) is 0 Å². The molecule has 0 atom stereocenters. The molecule has 0 saturated heterocycles. The van der Waals surface area contributed by atoms with Crippen LogP contribution in [0.1, 0.15) is 34.8 Å². The van der Waals surface area contributed by atoms with Gasteiger partial charge in [-0.2, -0.15) is 11.8 Å². The molecule has 0 aliphatic heterocycles. The second-order valence-corrected chi connectivity index (χ2v) is 7.64. The zero-order valence-electron chi connectivity index (χ0n) is 16.1. The fraction of sp³-hybridized carbons (Fsp3) is 0.333. The summed E-state index contributed by atoms with van der Waals surface area (Å²) < 4.78 is 18.5. The van der Waals surface area contributed by atoms with Crippen molar-refractivity contribution < 1.29 is 13.9 Å². The number of carbonyl (C=O) groups excluding carboxylic acids is 1. The molecule has 0 bridgehead atoms. The highest BCUT2D eigenvalue weighted by Gasteiger charge is 2.09. The average molecular weight is 421 g/mol. The van der Waals surface area contributed by atoms with Gasteiger partial charge in [0.1, 0.15) is 5.82 Å². The average Bonchev–Trinajstić information content (AvgIpc) is 2.67. The molecular formula is C21H25FN2O2S2. The predicted molar refractivity (Wildman–Crippen MR) is 119 cm³/mol. The van der Waals surface area contributed by atoms with E-state index in [2.05, 4.69) is 10.6 Å². The third kappa shape index (κ3) is 7.13. The molecule has 0 heterocycles. The highest BCUT2D eigenvalue weighted by Crippen LogP contribution is 2.18. The molecule has 2 N–H and O–H groups in total. The number of thioether (sulfide) groups is 1. The Bertz CT molecular complexity index is 815. The summed E-state index contributed by atoms with van der Waals surface area (Å²) in [6.45, 7) is 4.77. The molecule has 4 nitrogen and oxygen atoms in total. The van der Waals surface area contributed by atoms with Gasteiger partial charge in [0, 0.05) is 18.0 Å². The van der Waals surface area contributed by atoms with Gasteiger partial charge in [0.25, 0.3) is 0 Å². The summed E-state index contributed by atoms with van der Waals surface area (Å²) in [7, 11) is 0. The second-order valence-electron chi connectivity index (χ2n) is 6.13. The molecule has 0 aliphatic carbocycles. The van der Waals surface area contributed by atoms with Gasteiger partial charge in [-0.3, -0.25) is 0 Å². The molecule has 0 saturated carbocycles. The van der Waals surface area contributed by atoms with E-state index in [1.807, 2.05) is 25.1 Å². The van der Waals surface area contributed by atoms with E-state index in [0.29, 0.717) is 23.0 Å². The summed E-state index contributed by atoms with van der Waals surface area (Å²) in [4.78, 5) is 11.8. The Morgan fingerprint density at radius 1 is 1.25 bits per heavy atom. The summed E-state index contributed by atoms with van der Waals surface area (Å²) >= 11 is 7.02. The maximum Gasteiger partial charge on any atom is 0.338 e. The van der Waals surface area contributed by atoms with Crippen LogP contribution in [-0.4, -0.2) is 30.0 Å². The molecule has 7 heteroatoms. The highest BCUT2D eigenvalue weighted by atomic mass is 32.2. The van der Waals surface area contributed by atoms with E-state index in [1.54, 1.807) is 36.9 Å². The van der Waals surface area contributed by atoms with Gasteiger partial charge in [0.05, 0.1) is 12.2 Å². The third-order valence-corrected chi connectivity index (χ3v) is 5.29. The third-order valence-electron chi connectivity index (χ3n) is 3.95. The van der Waals surface area contributed by atoms with E-state index < -0.39 is 0 Å². The number of esters is 1. The lowest BCUT2D eigenvalue weighted by molar-refractivity contribution is 0.0526. The lowest BCUT2D eigenvalue weighted by Gasteiger charge is -2.13. The number of ether oxygens (including phenoxy) is 1. The van der Waals surface area contributed by atoms with Crippen molar-refractivity contribution in [3.63, 3.8) is 0 Å². The van der Waals surface area contributed by atoms with Crippen LogP contribution in [0.4, 0.5) is 10.1 Å². The van der Waals surface area contributed by atoms with Crippen LogP contribution in [0.25, 0.3) is 0 Å². The molecule has 0 spiro atoms. The number of nitrogens with one attached hydrogen (secondary N) is 2. The summed E-state index contributed by atoms with van der Waals surface area (Å²) in [5.74, 6) is 1.10. The van der Waals surface area contributed by atoms with Gasteiger partial charge in [-0.15, -0.1) is 0 Å². The zero-order valence-corrected chi connectivity index (χ0v) is 17.7. The number of thiocarbonyl (C=S) groups is 1. The van der Waals surface area contributed by atoms with Crippen LogP contribution in [0, 0.1) is 12.7 Å². The topological polar surface area (TPSA) is 50.4 Å². The minimum Gasteiger partial charge on any atom is -0.462 e. The Kier molecular flexibility index (Phi) is 9.23. The Morgan fingerprint density at radius 3 is 2.75 bits per heavy atom. The van der Waals surface area contributed by atoms with Crippen molar-refractivity contribution in [3.05, 3.63) is 65.0 Å². The molecule has 0 aromatic heterocycles. The minimum atomic E-state index is -0.328. The number of hydrogen-bond acceptors (Lipinski definition) is 4. The smallest absolute Gasteiger partial charge is 0.338 e. The van der Waals surface area contributed by atoms with Crippen LogP contribution in [-0.2, 0) is 10.5 Å². The lowest BCUT2D eigenvalue weighted by Crippen LogP contribution is -2.29. The highest BCUT2D eigenvalue weighted by molar-refractivity contribution is 7.98. The summed E-state index contributed by atoms with van der Waals surface area (Å²) in [6.07, 6.45) is 0.918. The first kappa shape index (κ1) is 22.2. The number of benzene rings is 2. The Morgan fingerprint density at radius 2 is 2.04 bits per heavy atom. The molecule has 0 fully saturated rings. The second kappa shape index (κ2) is 11.7. The minimum absolute atomic E-state index is 0.150. The van der Waals surface area contributed by atoms with Crippen LogP contribution in [0.15, 0.2) is 42.5 Å². The first-order valence-corrected chi connectivity index (χ1v) is 10.7. The van der Waals surface area contributed by atoms with Gasteiger partial charge in [-0.25, -0.2) is 9.18 Å². The molecule has 0 radical (unpaired) electrons. The SMILES string of the molecule is CCOC(=O)c1ccc(NC(=S)NCCCSCc2ccccc2F)c(C)c1. The van der Waals surface area contributed by atoms with E-state index >= 15 is 0 Å². The quantitative estimate of drug-likeness (QED) is 0.341. The molecule has 2 aromatic rings. The van der Waals surface area contributed by atoms with Crippen LogP contribution in [0.2, 0.25) is 0 Å². The van der Waals surface area contributed by atoms with Crippen LogP contribution >= 0.6 is 24.0 Å². The van der Waals surface area contributed by atoms with Crippen molar-refractivity contribution in [1.29, 1.82) is 0 Å². The number of halogens is 1. The number of aryl methyl sites for hydroxylation is 1. The molecule has 150 valence electrons. The molecule has 28 heavy (non-hydrogen) atoms. The van der Waals surface area contributed by atoms with Gasteiger partial charge in [0.15, 0.2) is 5.11 Å². The molecule has 0 aliphatic rings. The lowest BCUT2D eigenvalue weighted by atomic mass is 10.1. The van der Waals surface area contributed by atoms with Gasteiger partial charge >= 0.3 is 5.97 Å². The van der Waals surface area contributed by atoms with Crippen LogP contribution in [0.5, 0.6) is 0 Å². The van der Waals surface area contributed by atoms with E-state index in [1.165, 1.54) is 6.07 Å². The first-order chi connectivity index (χ1) is 13.5. The standard InChI is InChI=1S/C21H25FN2O2S2/c1-3-26-20(25)16-9-10-19(15(2)13-16)24-21(27)23-11-6-12-28-14-17-7-4-5-8-18(17)22/h4-5,7-10,13H,3,6,11-12,14H2,1-2H3,(H2,23,24,27). The molecule has 2 rings (SSSR count). The largest absolute Gasteiger partial charge is 0.462 e. The maximum atomic E-state index is 13.5. The molecule has 0 unspecified atom stereocenters. The van der Waals surface area contributed by atoms with Crippen LogP contribution in [0.3, 0.4) is 0 Å². The van der Waals surface area contributed by atoms with Crippen molar-refractivity contribution in [1.82, 2.24) is 5.32 Å². The van der Waals surface area contributed by atoms with Crippen molar-refractivity contribution in [2.75, 3.05) is 24.2 Å². The van der Waals surface area contributed by atoms with E-state index in [9.17, 15) is 9.18 Å². The Hall–Kier alpha value is -2.12. The van der Waals surface area contributed by atoms with Gasteiger partial charge in [0.2, 0.25) is 0 Å². The van der Waals surface area contributed by atoms with Crippen molar-refractivity contribution in [3.8, 4) is 0 Å². The zero-order chi connectivity index (χ0) is 20.4. The normalized spacial score (nSPS) is 10.4. The van der Waals surface area contributed by atoms with Crippen molar-refractivity contribution >= 4 is 40.7 Å². The summed E-state index contributed by atoms with van der Waals surface area (Å²) in [5, 5.41) is 6.85. The number of carbonyl (C=O) groups is 1. The maximum absolute atomic E-state index is 13.5. The van der Waals surface area contributed by atoms with E-state index in [0.717, 1.165) is 35.5 Å². The molecule has 2 aromatic carbocycles. The summed E-state index contributed by atoms with van der Waals surface area (Å²) in [5.41, 5.74) is 3.02. The number of anilines is 1. The van der Waals surface area contributed by atoms with Crippen molar-refractivity contribution in [2.45, 2.75) is 26.0 Å². The fourth-order valence-corrected chi connectivity index (χ4v) is 3.64. The van der Waals surface area contributed by atoms with Gasteiger partial charge in [-0.1, -0.05) is 18.2 Å². The first-order valence-electron chi connectivity index (χ1n) is 9.15. The Labute approximate surface area is 175 Å². The number of rotatable bonds is 9. The number of hydrogen-bond donors (Lipinski definition) is 2. The fourth-order valence-electron chi connectivity index (χ4n) is 2.49. The van der Waals surface area contributed by atoms with E-state index in [-0.39, 0.29) is 11.8 Å². The predicted octanol–water partition coefficient (Wildman–Crippen LogP) is 4.92. The van der Waals surface area contributed by atoms with Gasteiger partial charge < -0.3 is 15.4 Å². The van der Waals surface area contributed by atoms with Crippen LogP contribution < -0.4 is 10.6 Å². The van der Waals surface area contributed by atoms with Gasteiger partial charge in [-0.05, 0) is 73.6 Å². The summed E-state index contributed by atoms with van der Waals surface area (Å²) in [6, 6.07) is 12.2. The Balaban J connectivity index is 1.68. The monoisotopic (exact) mass is 420 g/mol. The molecule has 0 amide bonds. The van der Waals surface area contributed by atoms with E-state index in [4.69, 9.17) is 17.0 Å². The molecular weight excluding hydrogens is 395 g/mol.